The number of hydrogen-bond acceptors (Lipinski definition) is 5. The molecule has 152 valence electrons. The van der Waals surface area contributed by atoms with Gasteiger partial charge in [0.15, 0.2) is 15.0 Å². The predicted octanol–water partition coefficient (Wildman–Crippen LogP) is 3.14. The second-order valence-corrected chi connectivity index (χ2v) is 11.5. The fourth-order valence-corrected chi connectivity index (χ4v) is 8.11. The van der Waals surface area contributed by atoms with Crippen LogP contribution in [0, 0.1) is 3.57 Å². The summed E-state index contributed by atoms with van der Waals surface area (Å²) in [6, 6.07) is 15.0. The maximum absolute atomic E-state index is 12.7. The van der Waals surface area contributed by atoms with Crippen LogP contribution in [0.4, 0.5) is 5.69 Å². The lowest BCUT2D eigenvalue weighted by Gasteiger charge is -2.24. The van der Waals surface area contributed by atoms with E-state index >= 15 is 0 Å². The van der Waals surface area contributed by atoms with Crippen molar-refractivity contribution in [2.75, 3.05) is 23.5 Å². The molecule has 0 aliphatic carbocycles. The topological polar surface area (TPSA) is 76.0 Å². The molecule has 0 aromatic heterocycles. The number of ether oxygens (including phenoxy) is 1. The van der Waals surface area contributed by atoms with Crippen LogP contribution in [0.25, 0.3) is 0 Å². The number of methoxy groups -OCH3 is 1. The number of anilines is 1. The van der Waals surface area contributed by atoms with Crippen LogP contribution in [0.5, 0.6) is 5.75 Å². The third-order valence-corrected chi connectivity index (χ3v) is 8.79. The SMILES string of the molecule is COc1ccccc1CC(=O)N=C1S[C@@H]2CS(=O)(=O)C[C@@H]2N1c1cccc(I)c1. The van der Waals surface area contributed by atoms with Crippen molar-refractivity contribution in [2.24, 2.45) is 4.99 Å². The minimum absolute atomic E-state index is 0.0792. The van der Waals surface area contributed by atoms with E-state index in [0.717, 1.165) is 14.8 Å². The fourth-order valence-electron chi connectivity index (χ4n) is 3.65. The van der Waals surface area contributed by atoms with Gasteiger partial charge in [-0.3, -0.25) is 4.79 Å². The van der Waals surface area contributed by atoms with Gasteiger partial charge in [0.1, 0.15) is 5.75 Å². The lowest BCUT2D eigenvalue weighted by atomic mass is 10.1. The van der Waals surface area contributed by atoms with E-state index in [1.807, 2.05) is 53.4 Å². The molecule has 0 saturated carbocycles. The molecule has 2 heterocycles. The zero-order chi connectivity index (χ0) is 20.6. The van der Waals surface area contributed by atoms with E-state index in [4.69, 9.17) is 4.74 Å². The molecule has 6 nitrogen and oxygen atoms in total. The number of carbonyl (C=O) groups is 1. The summed E-state index contributed by atoms with van der Waals surface area (Å²) in [6.07, 6.45) is 0.127. The minimum Gasteiger partial charge on any atom is -0.496 e. The van der Waals surface area contributed by atoms with Gasteiger partial charge < -0.3 is 9.64 Å². The van der Waals surface area contributed by atoms with Crippen molar-refractivity contribution in [3.63, 3.8) is 0 Å². The third-order valence-electron chi connectivity index (χ3n) is 4.91. The number of sulfone groups is 1. The molecule has 0 radical (unpaired) electrons. The summed E-state index contributed by atoms with van der Waals surface area (Å²) in [4.78, 5) is 19.0. The molecule has 2 aliphatic rings. The maximum Gasteiger partial charge on any atom is 0.252 e. The van der Waals surface area contributed by atoms with Gasteiger partial charge in [0.2, 0.25) is 0 Å². The Labute approximate surface area is 187 Å². The van der Waals surface area contributed by atoms with Crippen LogP contribution in [-0.4, -0.2) is 49.4 Å². The van der Waals surface area contributed by atoms with E-state index in [-0.39, 0.29) is 35.1 Å². The lowest BCUT2D eigenvalue weighted by Crippen LogP contribution is -2.37. The molecule has 2 saturated heterocycles. The number of hydrogen-bond donors (Lipinski definition) is 0. The van der Waals surface area contributed by atoms with Crippen molar-refractivity contribution in [1.82, 2.24) is 0 Å². The minimum atomic E-state index is -3.09. The van der Waals surface area contributed by atoms with Gasteiger partial charge in [0.25, 0.3) is 5.91 Å². The number of fused-ring (bicyclic) bond motifs is 1. The quantitative estimate of drug-likeness (QED) is 0.553. The molecule has 2 aromatic rings. The average molecular weight is 542 g/mol. The first kappa shape index (κ1) is 20.7. The highest BCUT2D eigenvalue weighted by atomic mass is 127. The summed E-state index contributed by atoms with van der Waals surface area (Å²) < 4.78 is 30.7. The molecule has 1 amide bonds. The van der Waals surface area contributed by atoms with Crippen molar-refractivity contribution in [2.45, 2.75) is 17.7 Å². The van der Waals surface area contributed by atoms with E-state index in [1.54, 1.807) is 7.11 Å². The molecule has 0 unspecified atom stereocenters. The van der Waals surface area contributed by atoms with E-state index in [9.17, 15) is 13.2 Å². The average Bonchev–Trinajstić information content (AvgIpc) is 3.12. The largest absolute Gasteiger partial charge is 0.496 e. The number of halogens is 1. The zero-order valence-corrected chi connectivity index (χ0v) is 19.4. The van der Waals surface area contributed by atoms with E-state index in [2.05, 4.69) is 27.6 Å². The number of para-hydroxylation sites is 1. The molecule has 0 N–H and O–H groups in total. The Kier molecular flexibility index (Phi) is 5.90. The number of thioether (sulfide) groups is 1. The Morgan fingerprint density at radius 3 is 2.79 bits per heavy atom. The highest BCUT2D eigenvalue weighted by Gasteiger charge is 2.49. The highest BCUT2D eigenvalue weighted by molar-refractivity contribution is 14.1. The summed E-state index contributed by atoms with van der Waals surface area (Å²) in [5.41, 5.74) is 1.63. The summed E-state index contributed by atoms with van der Waals surface area (Å²) in [7, 11) is -1.51. The lowest BCUT2D eigenvalue weighted by molar-refractivity contribution is -0.117. The van der Waals surface area contributed by atoms with E-state index in [1.165, 1.54) is 11.8 Å². The first-order chi connectivity index (χ1) is 13.9. The van der Waals surface area contributed by atoms with Gasteiger partial charge in [-0.05, 0) is 46.9 Å². The fraction of sp³-hybridized carbons (Fsp3) is 0.300. The van der Waals surface area contributed by atoms with Crippen LogP contribution < -0.4 is 9.64 Å². The highest BCUT2D eigenvalue weighted by Crippen LogP contribution is 2.41. The smallest absolute Gasteiger partial charge is 0.252 e. The molecule has 9 heteroatoms. The number of benzene rings is 2. The maximum atomic E-state index is 12.7. The zero-order valence-electron chi connectivity index (χ0n) is 15.6. The third kappa shape index (κ3) is 4.46. The number of carbonyl (C=O) groups excluding carboxylic acids is 1. The monoisotopic (exact) mass is 542 g/mol. The molecule has 2 aromatic carbocycles. The molecule has 2 aliphatic heterocycles. The van der Waals surface area contributed by atoms with Crippen molar-refractivity contribution < 1.29 is 17.9 Å². The number of amides is 1. The van der Waals surface area contributed by atoms with E-state index < -0.39 is 9.84 Å². The Hall–Kier alpha value is -1.59. The van der Waals surface area contributed by atoms with Gasteiger partial charge in [-0.15, -0.1) is 0 Å². The summed E-state index contributed by atoms with van der Waals surface area (Å²) in [5.74, 6) is 0.561. The van der Waals surface area contributed by atoms with Gasteiger partial charge in [-0.1, -0.05) is 36.0 Å². The van der Waals surface area contributed by atoms with Gasteiger partial charge >= 0.3 is 0 Å². The first-order valence-electron chi connectivity index (χ1n) is 9.01. The van der Waals surface area contributed by atoms with Crippen molar-refractivity contribution in [3.8, 4) is 5.75 Å². The molecule has 0 bridgehead atoms. The van der Waals surface area contributed by atoms with Crippen LogP contribution >= 0.6 is 34.4 Å². The molecular formula is C20H19IN2O4S2. The van der Waals surface area contributed by atoms with Crippen molar-refractivity contribution in [3.05, 3.63) is 57.7 Å². The van der Waals surface area contributed by atoms with Gasteiger partial charge in [-0.2, -0.15) is 4.99 Å². The van der Waals surface area contributed by atoms with Crippen molar-refractivity contribution >= 4 is 61.0 Å². The second kappa shape index (κ2) is 8.27. The second-order valence-electron chi connectivity index (χ2n) is 6.93. The van der Waals surface area contributed by atoms with Crippen LogP contribution in [-0.2, 0) is 21.1 Å². The Bertz CT molecular complexity index is 1090. The van der Waals surface area contributed by atoms with Gasteiger partial charge in [-0.25, -0.2) is 8.42 Å². The predicted molar refractivity (Wildman–Crippen MR) is 125 cm³/mol. The van der Waals surface area contributed by atoms with Crippen LogP contribution in [0.1, 0.15) is 5.56 Å². The van der Waals surface area contributed by atoms with Gasteiger partial charge in [0.05, 0.1) is 31.1 Å². The van der Waals surface area contributed by atoms with Crippen molar-refractivity contribution in [1.29, 1.82) is 0 Å². The number of amidine groups is 1. The summed E-state index contributed by atoms with van der Waals surface area (Å²) in [6.45, 7) is 0. The number of rotatable bonds is 4. The summed E-state index contributed by atoms with van der Waals surface area (Å²) >= 11 is 3.61. The molecule has 4 rings (SSSR count). The van der Waals surface area contributed by atoms with Gasteiger partial charge in [0, 0.05) is 20.1 Å². The first-order valence-corrected chi connectivity index (χ1v) is 12.8. The molecular weight excluding hydrogens is 523 g/mol. The Balaban J connectivity index is 1.65. The molecule has 29 heavy (non-hydrogen) atoms. The normalized spacial score (nSPS) is 23.9. The summed E-state index contributed by atoms with van der Waals surface area (Å²) in [5, 5.41) is 0.451. The van der Waals surface area contributed by atoms with Crippen LogP contribution in [0.2, 0.25) is 0 Å². The van der Waals surface area contributed by atoms with Crippen LogP contribution in [0.3, 0.4) is 0 Å². The Morgan fingerprint density at radius 2 is 2.03 bits per heavy atom. The number of aliphatic imine (C=N–C) groups is 1. The molecule has 0 spiro atoms. The van der Waals surface area contributed by atoms with E-state index in [0.29, 0.717) is 10.9 Å². The molecule has 2 atom stereocenters. The number of nitrogens with zero attached hydrogens (tertiary/aromatic N) is 2. The van der Waals surface area contributed by atoms with Crippen LogP contribution in [0.15, 0.2) is 53.5 Å². The standard InChI is InChI=1S/C20H19IN2O4S2/c1-27-17-8-3-2-5-13(17)9-19(24)22-20-23(15-7-4-6-14(21)10-15)16-11-29(25,26)12-18(16)28-20/h2-8,10,16,18H,9,11-12H2,1H3/t16-,18+/m0/s1. The molecule has 2 fully saturated rings. The Morgan fingerprint density at radius 1 is 1.24 bits per heavy atom.